The predicted octanol–water partition coefficient (Wildman–Crippen LogP) is 1.44. The smallest absolute Gasteiger partial charge is 0.227 e. The van der Waals surface area contributed by atoms with E-state index >= 15 is 0 Å². The van der Waals surface area contributed by atoms with Crippen LogP contribution in [0.15, 0.2) is 42.6 Å². The van der Waals surface area contributed by atoms with E-state index in [4.69, 9.17) is 5.73 Å². The van der Waals surface area contributed by atoms with Gasteiger partial charge in [-0.25, -0.2) is 0 Å². The normalized spacial score (nSPS) is 12.1. The summed E-state index contributed by atoms with van der Waals surface area (Å²) in [5.41, 5.74) is 6.89. The molecule has 88 valence electrons. The summed E-state index contributed by atoms with van der Waals surface area (Å²) in [6.45, 7) is 0. The number of benzene rings is 1. The Bertz CT molecular complexity index is 467. The molecular weight excluding hydrogens is 216 g/mol. The fourth-order valence-corrected chi connectivity index (χ4v) is 1.54. The van der Waals surface area contributed by atoms with E-state index in [9.17, 15) is 4.79 Å². The molecular formula is C12H14N4O. The second-order valence-electron chi connectivity index (χ2n) is 3.74. The first-order chi connectivity index (χ1) is 8.25. The molecule has 1 heterocycles. The summed E-state index contributed by atoms with van der Waals surface area (Å²) in [6, 6.07) is 10.9. The Kier molecular flexibility index (Phi) is 3.52. The quantitative estimate of drug-likeness (QED) is 0.743. The second kappa shape index (κ2) is 5.27. The van der Waals surface area contributed by atoms with Gasteiger partial charge in [-0.3, -0.25) is 9.89 Å². The zero-order valence-corrected chi connectivity index (χ0v) is 9.26. The monoisotopic (exact) mass is 230 g/mol. The van der Waals surface area contributed by atoms with Gasteiger partial charge in [0, 0.05) is 18.5 Å². The van der Waals surface area contributed by atoms with E-state index < -0.39 is 0 Å². The van der Waals surface area contributed by atoms with Crippen molar-refractivity contribution >= 4 is 11.7 Å². The van der Waals surface area contributed by atoms with Gasteiger partial charge in [0.2, 0.25) is 5.91 Å². The van der Waals surface area contributed by atoms with Crippen molar-refractivity contribution in [3.05, 3.63) is 48.2 Å². The number of nitrogens with zero attached hydrogens (tertiary/aromatic N) is 1. The summed E-state index contributed by atoms with van der Waals surface area (Å²) in [4.78, 5) is 11.7. The summed E-state index contributed by atoms with van der Waals surface area (Å²) < 4.78 is 0. The number of rotatable bonds is 4. The average molecular weight is 230 g/mol. The van der Waals surface area contributed by atoms with E-state index in [0.717, 1.165) is 5.56 Å². The molecule has 1 aromatic carbocycles. The molecule has 1 aromatic heterocycles. The van der Waals surface area contributed by atoms with Crippen LogP contribution >= 0.6 is 0 Å². The van der Waals surface area contributed by atoms with E-state index in [-0.39, 0.29) is 18.4 Å². The first kappa shape index (κ1) is 11.3. The van der Waals surface area contributed by atoms with Crippen molar-refractivity contribution in [1.82, 2.24) is 10.2 Å². The molecule has 0 aliphatic rings. The van der Waals surface area contributed by atoms with E-state index in [2.05, 4.69) is 15.5 Å². The Balaban J connectivity index is 1.91. The number of hydrogen-bond acceptors (Lipinski definition) is 3. The Morgan fingerprint density at radius 2 is 2.12 bits per heavy atom. The number of amides is 1. The van der Waals surface area contributed by atoms with Crippen molar-refractivity contribution in [2.75, 3.05) is 5.32 Å². The van der Waals surface area contributed by atoms with Gasteiger partial charge in [-0.1, -0.05) is 30.3 Å². The minimum Gasteiger partial charge on any atom is -0.324 e. The lowest BCUT2D eigenvalue weighted by Gasteiger charge is -2.11. The highest BCUT2D eigenvalue weighted by atomic mass is 16.1. The number of carbonyl (C=O) groups is 1. The lowest BCUT2D eigenvalue weighted by atomic mass is 10.0. The highest BCUT2D eigenvalue weighted by Crippen LogP contribution is 2.14. The van der Waals surface area contributed by atoms with Crippen LogP contribution in [0.4, 0.5) is 5.82 Å². The van der Waals surface area contributed by atoms with Crippen LogP contribution in [0, 0.1) is 0 Å². The molecule has 0 saturated heterocycles. The Morgan fingerprint density at radius 3 is 2.76 bits per heavy atom. The van der Waals surface area contributed by atoms with Crippen LogP contribution in [0.3, 0.4) is 0 Å². The molecule has 4 N–H and O–H groups in total. The summed E-state index contributed by atoms with van der Waals surface area (Å²) in [6.07, 6.45) is 1.82. The molecule has 0 fully saturated rings. The SMILES string of the molecule is NC(CC(=O)Nc1ccn[nH]1)c1ccccc1. The first-order valence-electron chi connectivity index (χ1n) is 5.35. The van der Waals surface area contributed by atoms with Gasteiger partial charge in [-0.2, -0.15) is 5.10 Å². The standard InChI is InChI=1S/C12H14N4O/c13-10(9-4-2-1-3-5-9)8-12(17)15-11-6-7-14-16-11/h1-7,10H,8,13H2,(H2,14,15,16,17). The van der Waals surface area contributed by atoms with Crippen LogP contribution in [0.1, 0.15) is 18.0 Å². The van der Waals surface area contributed by atoms with Gasteiger partial charge in [0.15, 0.2) is 0 Å². The van der Waals surface area contributed by atoms with E-state index in [1.165, 1.54) is 0 Å². The third-order valence-electron chi connectivity index (χ3n) is 2.41. The molecule has 0 saturated carbocycles. The molecule has 17 heavy (non-hydrogen) atoms. The third kappa shape index (κ3) is 3.15. The fraction of sp³-hybridized carbons (Fsp3) is 0.167. The number of H-pyrrole nitrogens is 1. The molecule has 2 rings (SSSR count). The number of hydrogen-bond donors (Lipinski definition) is 3. The fourth-order valence-electron chi connectivity index (χ4n) is 1.54. The highest BCUT2D eigenvalue weighted by Gasteiger charge is 2.11. The van der Waals surface area contributed by atoms with Crippen LogP contribution in [-0.4, -0.2) is 16.1 Å². The van der Waals surface area contributed by atoms with Crippen LogP contribution < -0.4 is 11.1 Å². The molecule has 1 amide bonds. The molecule has 0 aliphatic carbocycles. The zero-order valence-electron chi connectivity index (χ0n) is 9.26. The zero-order chi connectivity index (χ0) is 12.1. The van der Waals surface area contributed by atoms with Gasteiger partial charge in [0.1, 0.15) is 5.82 Å². The minimum atomic E-state index is -0.292. The summed E-state index contributed by atoms with van der Waals surface area (Å²) >= 11 is 0. The van der Waals surface area contributed by atoms with Gasteiger partial charge in [0.25, 0.3) is 0 Å². The molecule has 0 aliphatic heterocycles. The molecule has 1 unspecified atom stereocenters. The molecule has 5 nitrogen and oxygen atoms in total. The first-order valence-corrected chi connectivity index (χ1v) is 5.35. The van der Waals surface area contributed by atoms with E-state index in [1.807, 2.05) is 30.3 Å². The molecule has 0 spiro atoms. The van der Waals surface area contributed by atoms with Crippen molar-refractivity contribution in [3.8, 4) is 0 Å². The number of aromatic amines is 1. The largest absolute Gasteiger partial charge is 0.324 e. The van der Waals surface area contributed by atoms with Crippen LogP contribution in [-0.2, 0) is 4.79 Å². The van der Waals surface area contributed by atoms with Crippen molar-refractivity contribution in [2.45, 2.75) is 12.5 Å². The lowest BCUT2D eigenvalue weighted by Crippen LogP contribution is -2.20. The second-order valence-corrected chi connectivity index (χ2v) is 3.74. The molecule has 0 radical (unpaired) electrons. The van der Waals surface area contributed by atoms with Crippen molar-refractivity contribution in [2.24, 2.45) is 5.73 Å². The van der Waals surface area contributed by atoms with Crippen molar-refractivity contribution in [1.29, 1.82) is 0 Å². The molecule has 5 heteroatoms. The number of nitrogens with one attached hydrogen (secondary N) is 2. The van der Waals surface area contributed by atoms with Gasteiger partial charge in [-0.15, -0.1) is 0 Å². The molecule has 0 bridgehead atoms. The van der Waals surface area contributed by atoms with Crippen LogP contribution in [0.5, 0.6) is 0 Å². The minimum absolute atomic E-state index is 0.134. The summed E-state index contributed by atoms with van der Waals surface area (Å²) in [5, 5.41) is 9.09. The number of aromatic nitrogens is 2. The van der Waals surface area contributed by atoms with Gasteiger partial charge < -0.3 is 11.1 Å². The maximum atomic E-state index is 11.7. The lowest BCUT2D eigenvalue weighted by molar-refractivity contribution is -0.116. The number of anilines is 1. The number of nitrogens with two attached hydrogens (primary N) is 1. The maximum Gasteiger partial charge on any atom is 0.227 e. The van der Waals surface area contributed by atoms with Crippen molar-refractivity contribution < 1.29 is 4.79 Å². The summed E-state index contributed by atoms with van der Waals surface area (Å²) in [7, 11) is 0. The molecule has 1 atom stereocenters. The van der Waals surface area contributed by atoms with Crippen molar-refractivity contribution in [3.63, 3.8) is 0 Å². The third-order valence-corrected chi connectivity index (χ3v) is 2.41. The Morgan fingerprint density at radius 1 is 1.35 bits per heavy atom. The predicted molar refractivity (Wildman–Crippen MR) is 65.2 cm³/mol. The summed E-state index contributed by atoms with van der Waals surface area (Å²) in [5.74, 6) is 0.445. The van der Waals surface area contributed by atoms with Gasteiger partial charge in [-0.05, 0) is 5.56 Å². The Hall–Kier alpha value is -2.14. The van der Waals surface area contributed by atoms with E-state index in [1.54, 1.807) is 12.3 Å². The maximum absolute atomic E-state index is 11.7. The molecule has 2 aromatic rings. The topological polar surface area (TPSA) is 83.8 Å². The van der Waals surface area contributed by atoms with Gasteiger partial charge in [0.05, 0.1) is 6.20 Å². The highest BCUT2D eigenvalue weighted by molar-refractivity contribution is 5.90. The van der Waals surface area contributed by atoms with Gasteiger partial charge >= 0.3 is 0 Å². The van der Waals surface area contributed by atoms with Crippen LogP contribution in [0.2, 0.25) is 0 Å². The average Bonchev–Trinajstić information content (AvgIpc) is 2.82. The number of carbonyl (C=O) groups excluding carboxylic acids is 1. The Labute approximate surface area is 99.0 Å². The van der Waals surface area contributed by atoms with E-state index in [0.29, 0.717) is 5.82 Å². The van der Waals surface area contributed by atoms with Crippen LogP contribution in [0.25, 0.3) is 0 Å².